The molecule has 0 spiro atoms. The van der Waals surface area contributed by atoms with Crippen molar-refractivity contribution in [1.29, 1.82) is 0 Å². The number of carbonyl (C=O) groups excluding carboxylic acids is 2. The predicted molar refractivity (Wildman–Crippen MR) is 97.5 cm³/mol. The molecule has 2 aliphatic rings. The number of amides is 2. The van der Waals surface area contributed by atoms with Crippen LogP contribution in [0.1, 0.15) is 29.8 Å². The molecule has 2 aromatic rings. The van der Waals surface area contributed by atoms with E-state index in [1.807, 2.05) is 29.2 Å². The van der Waals surface area contributed by atoms with E-state index in [2.05, 4.69) is 23.7 Å². The summed E-state index contributed by atoms with van der Waals surface area (Å²) in [6.45, 7) is 2.81. The quantitative estimate of drug-likeness (QED) is 0.891. The fraction of sp³-hybridized carbons (Fsp3) is 0.333. The van der Waals surface area contributed by atoms with Gasteiger partial charge in [0.15, 0.2) is 0 Å². The molecule has 0 saturated heterocycles. The number of nitrogens with zero attached hydrogens (tertiary/aromatic N) is 1. The molecule has 0 saturated carbocycles. The third kappa shape index (κ3) is 2.74. The highest BCUT2D eigenvalue weighted by Crippen LogP contribution is 2.38. The highest BCUT2D eigenvalue weighted by molar-refractivity contribution is 8.01. The number of carbonyl (C=O) groups is 2. The van der Waals surface area contributed by atoms with Gasteiger partial charge in [-0.1, -0.05) is 12.1 Å². The molecule has 3 heterocycles. The Balaban J connectivity index is 1.48. The number of hydrogen-bond acceptors (Lipinski definition) is 4. The minimum Gasteiger partial charge on any atom is -0.335 e. The lowest BCUT2D eigenvalue weighted by Crippen LogP contribution is -2.41. The van der Waals surface area contributed by atoms with Crippen LogP contribution in [0.15, 0.2) is 40.6 Å². The maximum absolute atomic E-state index is 12.8. The SMILES string of the molecule is C[C@H]1c2ccsc2CCN1C(=O)C[C@@H]1Sc2ccccc2NC1=O. The second-order valence-electron chi connectivity index (χ2n) is 6.11. The molecule has 1 aromatic carbocycles. The van der Waals surface area contributed by atoms with Crippen LogP contribution in [-0.4, -0.2) is 28.5 Å². The van der Waals surface area contributed by atoms with E-state index in [1.165, 1.54) is 22.2 Å². The van der Waals surface area contributed by atoms with Gasteiger partial charge in [-0.2, -0.15) is 0 Å². The Labute approximate surface area is 149 Å². The number of nitrogens with one attached hydrogen (secondary N) is 1. The summed E-state index contributed by atoms with van der Waals surface area (Å²) < 4.78 is 0. The second kappa shape index (κ2) is 6.26. The summed E-state index contributed by atoms with van der Waals surface area (Å²) >= 11 is 3.25. The van der Waals surface area contributed by atoms with Crippen LogP contribution >= 0.6 is 23.1 Å². The summed E-state index contributed by atoms with van der Waals surface area (Å²) in [5.74, 6) is -0.0145. The van der Waals surface area contributed by atoms with Gasteiger partial charge in [-0.15, -0.1) is 23.1 Å². The van der Waals surface area contributed by atoms with Gasteiger partial charge in [0.2, 0.25) is 11.8 Å². The maximum Gasteiger partial charge on any atom is 0.238 e. The standard InChI is InChI=1S/C18H18N2O2S2/c1-11-12-7-9-23-14(12)6-8-20(11)17(21)10-16-18(22)19-13-4-2-3-5-15(13)24-16/h2-5,7,9,11,16H,6,8,10H2,1H3,(H,19,22)/t11-,16-/m0/s1. The number of rotatable bonds is 2. The van der Waals surface area contributed by atoms with Crippen LogP contribution in [0.5, 0.6) is 0 Å². The van der Waals surface area contributed by atoms with Crippen LogP contribution in [0.25, 0.3) is 0 Å². The molecule has 2 aliphatic heterocycles. The number of fused-ring (bicyclic) bond motifs is 2. The van der Waals surface area contributed by atoms with E-state index in [1.54, 1.807) is 11.3 Å². The molecule has 0 fully saturated rings. The summed E-state index contributed by atoms with van der Waals surface area (Å²) in [5.41, 5.74) is 2.09. The highest BCUT2D eigenvalue weighted by Gasteiger charge is 2.33. The molecule has 24 heavy (non-hydrogen) atoms. The van der Waals surface area contributed by atoms with Crippen molar-refractivity contribution < 1.29 is 9.59 Å². The van der Waals surface area contributed by atoms with E-state index < -0.39 is 0 Å². The first-order valence-electron chi connectivity index (χ1n) is 8.06. The lowest BCUT2D eigenvalue weighted by atomic mass is 10.0. The molecule has 1 N–H and O–H groups in total. The van der Waals surface area contributed by atoms with Gasteiger partial charge in [0.25, 0.3) is 0 Å². The average Bonchev–Trinajstić information content (AvgIpc) is 3.05. The van der Waals surface area contributed by atoms with Gasteiger partial charge in [0.05, 0.1) is 17.0 Å². The van der Waals surface area contributed by atoms with Crippen molar-refractivity contribution in [3.05, 3.63) is 46.2 Å². The van der Waals surface area contributed by atoms with Crippen LogP contribution < -0.4 is 5.32 Å². The van der Waals surface area contributed by atoms with Crippen molar-refractivity contribution in [1.82, 2.24) is 4.90 Å². The molecule has 4 rings (SSSR count). The van der Waals surface area contributed by atoms with Crippen molar-refractivity contribution in [2.75, 3.05) is 11.9 Å². The predicted octanol–water partition coefficient (Wildman–Crippen LogP) is 3.70. The third-order valence-corrected chi connectivity index (χ3v) is 6.94. The summed E-state index contributed by atoms with van der Waals surface area (Å²) in [6, 6.07) is 9.94. The Morgan fingerprint density at radius 3 is 3.04 bits per heavy atom. The minimum atomic E-state index is -0.358. The lowest BCUT2D eigenvalue weighted by Gasteiger charge is -2.35. The third-order valence-electron chi connectivity index (χ3n) is 4.66. The van der Waals surface area contributed by atoms with Gasteiger partial charge in [0.1, 0.15) is 0 Å². The number of thiophene rings is 1. The summed E-state index contributed by atoms with van der Waals surface area (Å²) in [7, 11) is 0. The molecule has 4 nitrogen and oxygen atoms in total. The number of benzene rings is 1. The van der Waals surface area contributed by atoms with Crippen molar-refractivity contribution >= 4 is 40.6 Å². The fourth-order valence-electron chi connectivity index (χ4n) is 3.35. The Morgan fingerprint density at radius 1 is 1.33 bits per heavy atom. The van der Waals surface area contributed by atoms with Crippen LogP contribution in [0.4, 0.5) is 5.69 Å². The molecule has 0 radical (unpaired) electrons. The monoisotopic (exact) mass is 358 g/mol. The Hall–Kier alpha value is -1.79. The van der Waals surface area contributed by atoms with Crippen molar-refractivity contribution in [2.24, 2.45) is 0 Å². The maximum atomic E-state index is 12.8. The molecule has 124 valence electrons. The van der Waals surface area contributed by atoms with Crippen LogP contribution in [-0.2, 0) is 16.0 Å². The molecular formula is C18H18N2O2S2. The largest absolute Gasteiger partial charge is 0.335 e. The average molecular weight is 358 g/mol. The first kappa shape index (κ1) is 15.7. The summed E-state index contributed by atoms with van der Waals surface area (Å²) in [4.78, 5) is 29.4. The minimum absolute atomic E-state index is 0.0615. The van der Waals surface area contributed by atoms with Crippen LogP contribution in [0.3, 0.4) is 0 Å². The Bertz CT molecular complexity index is 802. The molecular weight excluding hydrogens is 340 g/mol. The normalized spacial score (nSPS) is 22.5. The Morgan fingerprint density at radius 2 is 2.17 bits per heavy atom. The van der Waals surface area contributed by atoms with E-state index in [0.29, 0.717) is 0 Å². The van der Waals surface area contributed by atoms with Gasteiger partial charge in [-0.25, -0.2) is 0 Å². The lowest BCUT2D eigenvalue weighted by molar-refractivity contribution is -0.135. The number of thioether (sulfide) groups is 1. The Kier molecular flexibility index (Phi) is 4.10. The molecule has 0 aliphatic carbocycles. The zero-order valence-corrected chi connectivity index (χ0v) is 15.0. The van der Waals surface area contributed by atoms with Gasteiger partial charge >= 0.3 is 0 Å². The number of anilines is 1. The van der Waals surface area contributed by atoms with E-state index in [0.717, 1.165) is 23.5 Å². The molecule has 0 unspecified atom stereocenters. The van der Waals surface area contributed by atoms with E-state index in [-0.39, 0.29) is 29.5 Å². The molecule has 2 amide bonds. The zero-order chi connectivity index (χ0) is 16.7. The zero-order valence-electron chi connectivity index (χ0n) is 13.3. The first-order valence-corrected chi connectivity index (χ1v) is 9.81. The van der Waals surface area contributed by atoms with Gasteiger partial charge in [0, 0.05) is 22.7 Å². The fourth-order valence-corrected chi connectivity index (χ4v) is 5.42. The van der Waals surface area contributed by atoms with E-state index >= 15 is 0 Å². The molecule has 2 atom stereocenters. The summed E-state index contributed by atoms with van der Waals surface area (Å²) in [6.07, 6.45) is 1.16. The van der Waals surface area contributed by atoms with Crippen molar-refractivity contribution in [3.8, 4) is 0 Å². The van der Waals surface area contributed by atoms with Gasteiger partial charge in [-0.05, 0) is 42.5 Å². The van der Waals surface area contributed by atoms with E-state index in [9.17, 15) is 9.59 Å². The first-order chi connectivity index (χ1) is 11.6. The highest BCUT2D eigenvalue weighted by atomic mass is 32.2. The van der Waals surface area contributed by atoms with Crippen LogP contribution in [0, 0.1) is 0 Å². The van der Waals surface area contributed by atoms with Gasteiger partial charge < -0.3 is 10.2 Å². The smallest absolute Gasteiger partial charge is 0.238 e. The van der Waals surface area contributed by atoms with Gasteiger partial charge in [-0.3, -0.25) is 9.59 Å². The molecule has 6 heteroatoms. The topological polar surface area (TPSA) is 49.4 Å². The van der Waals surface area contributed by atoms with Crippen molar-refractivity contribution in [2.45, 2.75) is 36.0 Å². The van der Waals surface area contributed by atoms with Crippen molar-refractivity contribution in [3.63, 3.8) is 0 Å². The van der Waals surface area contributed by atoms with E-state index in [4.69, 9.17) is 0 Å². The molecule has 1 aromatic heterocycles. The molecule has 0 bridgehead atoms. The van der Waals surface area contributed by atoms with Crippen LogP contribution in [0.2, 0.25) is 0 Å². The number of hydrogen-bond donors (Lipinski definition) is 1. The number of para-hydroxylation sites is 1. The summed E-state index contributed by atoms with van der Waals surface area (Å²) in [5, 5.41) is 4.65. The second-order valence-corrected chi connectivity index (χ2v) is 8.35.